The maximum absolute atomic E-state index is 0. The van der Waals surface area contributed by atoms with E-state index in [4.69, 9.17) is 0 Å². The van der Waals surface area contributed by atoms with Gasteiger partial charge in [0.15, 0.2) is 0 Å². The van der Waals surface area contributed by atoms with Crippen molar-refractivity contribution < 1.29 is 147 Å². The molecule has 88 valence electrons. The molecule has 0 aliphatic rings. The zero-order valence-corrected chi connectivity index (χ0v) is 16.5. The molecule has 0 aromatic heterocycles. The first kappa shape index (κ1) is 803. The maximum Gasteiger partial charge on any atom is 6.00 e. The minimum Gasteiger partial charge on any atom is -2.00 e. The van der Waals surface area contributed by atoms with Gasteiger partial charge < -0.3 is 60.2 Å². The van der Waals surface area contributed by atoms with E-state index in [0.717, 1.165) is 0 Å². The predicted molar refractivity (Wildman–Crippen MR) is 7.55 cm³/mol. The zero-order valence-electron chi connectivity index (χ0n) is 6.20. The molecule has 0 heterocycles. The molecule has 0 radical (unpaired) electrons. The monoisotopic (exact) mass is 730 g/mol. The van der Waals surface area contributed by atoms with Crippen molar-refractivity contribution in [1.29, 1.82) is 0 Å². The van der Waals surface area contributed by atoms with Crippen molar-refractivity contribution >= 4 is 0 Å². The van der Waals surface area contributed by atoms with E-state index in [1.165, 1.54) is 0 Å². The fourth-order valence-electron chi connectivity index (χ4n) is 0. The molecule has 0 bridgehead atoms. The molecular weight excluding hydrogens is 729 g/mol. The molecule has 0 N–H and O–H groups in total. The average molecular weight is 729 g/mol. The molecule has 0 aliphatic carbocycles. The first-order valence-corrected chi connectivity index (χ1v) is 0. The van der Waals surface area contributed by atoms with Crippen molar-refractivity contribution in [2.45, 2.75) is 0 Å². The van der Waals surface area contributed by atoms with E-state index in [9.17, 15) is 0 Å². The van der Waals surface area contributed by atoms with Crippen molar-refractivity contribution in [3.63, 3.8) is 0 Å². The quantitative estimate of drug-likeness (QED) is 0.262. The van der Waals surface area contributed by atoms with Crippen LogP contribution in [0.3, 0.4) is 0 Å². The number of rotatable bonds is 0. The van der Waals surface area contributed by atoms with Gasteiger partial charge in [0.1, 0.15) is 0 Å². The molecule has 0 saturated heterocycles. The largest absolute Gasteiger partial charge is 6.00 e. The Balaban J connectivity index is 0. The van der Waals surface area contributed by atoms with Gasteiger partial charge in [0, 0.05) is 0 Å². The number of hydrogen-bond acceptors (Lipinski definition) is 0. The predicted octanol–water partition coefficient (Wildman–Crippen LogP) is -1.32. The van der Waals surface area contributed by atoms with Crippen LogP contribution in [0.4, 0.5) is 0 Å². The molecular formula is Nb2O11W2. The van der Waals surface area contributed by atoms with Crippen LogP contribution in [0.15, 0.2) is 0 Å². The van der Waals surface area contributed by atoms with Gasteiger partial charge in [0.25, 0.3) is 0 Å². The molecule has 0 amide bonds. The third kappa shape index (κ3) is 584. The van der Waals surface area contributed by atoms with Gasteiger partial charge in [0.05, 0.1) is 0 Å². The van der Waals surface area contributed by atoms with Gasteiger partial charge in [0.2, 0.25) is 0 Å². The second-order valence-corrected chi connectivity index (χ2v) is 0. The smallest absolute Gasteiger partial charge is 2.00 e. The molecule has 15 heavy (non-hydrogen) atoms. The van der Waals surface area contributed by atoms with E-state index in [0.29, 0.717) is 0 Å². The molecule has 0 spiro atoms. The van der Waals surface area contributed by atoms with Crippen molar-refractivity contribution in [2.24, 2.45) is 0 Å². The minimum atomic E-state index is 0. The van der Waals surface area contributed by atoms with Crippen molar-refractivity contribution in [1.82, 2.24) is 0 Å². The summed E-state index contributed by atoms with van der Waals surface area (Å²) in [6.07, 6.45) is 0. The molecule has 0 unspecified atom stereocenters. The Morgan fingerprint density at radius 2 is 0.200 bits per heavy atom. The summed E-state index contributed by atoms with van der Waals surface area (Å²) in [5.41, 5.74) is 0. The molecule has 15 heteroatoms. The van der Waals surface area contributed by atoms with Crippen LogP contribution in [0.1, 0.15) is 0 Å². The Hall–Kier alpha value is 2.42. The summed E-state index contributed by atoms with van der Waals surface area (Å²) in [6.45, 7) is 0. The topological polar surface area (TPSA) is 314 Å². The van der Waals surface area contributed by atoms with Crippen LogP contribution in [0, 0.1) is 0 Å². The number of hydrogen-bond donors (Lipinski definition) is 0. The molecule has 0 aliphatic heterocycles. The normalized spacial score (nSPS) is 0. The Morgan fingerprint density at radius 1 is 0.200 bits per heavy atom. The summed E-state index contributed by atoms with van der Waals surface area (Å²) in [5, 5.41) is 0. The van der Waals surface area contributed by atoms with Gasteiger partial charge in [-0.3, -0.25) is 0 Å². The molecule has 0 saturated carbocycles. The summed E-state index contributed by atoms with van der Waals surface area (Å²) >= 11 is 0. The Bertz CT molecular complexity index is 16.5. The van der Waals surface area contributed by atoms with Gasteiger partial charge in [-0.05, 0) is 0 Å². The van der Waals surface area contributed by atoms with Crippen LogP contribution in [-0.4, -0.2) is 0 Å². The summed E-state index contributed by atoms with van der Waals surface area (Å²) in [6, 6.07) is 0. The van der Waals surface area contributed by atoms with Crippen molar-refractivity contribution in [3.05, 3.63) is 0 Å². The Kier molecular flexibility index (Phi) is 35800. The molecule has 0 fully saturated rings. The minimum absolute atomic E-state index is 0. The van der Waals surface area contributed by atoms with Crippen LogP contribution in [0.5, 0.6) is 0 Å². The van der Waals surface area contributed by atoms with Gasteiger partial charge in [-0.1, -0.05) is 0 Å². The summed E-state index contributed by atoms with van der Waals surface area (Å²) in [5.74, 6) is 0. The van der Waals surface area contributed by atoms with Crippen molar-refractivity contribution in [2.75, 3.05) is 0 Å². The Labute approximate surface area is 146 Å². The van der Waals surface area contributed by atoms with Crippen LogP contribution in [0.2, 0.25) is 0 Å². The molecule has 11 nitrogen and oxygen atoms in total. The third-order valence-electron chi connectivity index (χ3n) is 0. The van der Waals surface area contributed by atoms with Crippen LogP contribution < -0.4 is 0 Å². The fraction of sp³-hybridized carbons (Fsp3) is 0. The van der Waals surface area contributed by atoms with Crippen LogP contribution >= 0.6 is 0 Å². The van der Waals surface area contributed by atoms with Crippen LogP contribution in [-0.2, 0) is 147 Å². The Morgan fingerprint density at radius 3 is 0.200 bits per heavy atom. The van der Waals surface area contributed by atoms with E-state index < -0.39 is 0 Å². The SMILES string of the molecule is [Nb+5].[Nb+5].[O-2].[O-2].[O-2].[O-2].[O-2].[O-2].[O-2].[O-2].[O-2].[O-2].[O-2].[W+6].[W+6]. The fourth-order valence-corrected chi connectivity index (χ4v) is 0. The average Bonchev–Trinajstić information content (AvgIpc) is 0. The van der Waals surface area contributed by atoms with E-state index >= 15 is 0 Å². The van der Waals surface area contributed by atoms with E-state index in [-0.39, 0.29) is 147 Å². The van der Waals surface area contributed by atoms with E-state index in [1.54, 1.807) is 0 Å². The van der Waals surface area contributed by atoms with Gasteiger partial charge >= 0.3 is 86.9 Å². The van der Waals surface area contributed by atoms with Gasteiger partial charge in [-0.15, -0.1) is 0 Å². The molecule has 0 atom stereocenters. The zero-order chi connectivity index (χ0) is 0. The van der Waals surface area contributed by atoms with Crippen LogP contribution in [0.25, 0.3) is 0 Å². The van der Waals surface area contributed by atoms with E-state index in [2.05, 4.69) is 0 Å². The summed E-state index contributed by atoms with van der Waals surface area (Å²) < 4.78 is 0. The first-order chi connectivity index (χ1) is 0. The van der Waals surface area contributed by atoms with Gasteiger partial charge in [-0.25, -0.2) is 0 Å². The van der Waals surface area contributed by atoms with Crippen molar-refractivity contribution in [3.8, 4) is 0 Å². The molecule has 0 rings (SSSR count). The second-order valence-electron chi connectivity index (χ2n) is 0. The maximum atomic E-state index is 0. The van der Waals surface area contributed by atoms with Gasteiger partial charge in [-0.2, -0.15) is 0 Å². The standard InChI is InChI=1S/2Nb.11O.2W/q2*+5;11*-2;2*+6. The first-order valence-electron chi connectivity index (χ1n) is 0. The second kappa shape index (κ2) is 668. The molecule has 0 aromatic rings. The molecule has 0 aromatic carbocycles. The third-order valence-corrected chi connectivity index (χ3v) is 0. The summed E-state index contributed by atoms with van der Waals surface area (Å²) in [7, 11) is 0. The summed E-state index contributed by atoms with van der Waals surface area (Å²) in [4.78, 5) is 0. The van der Waals surface area contributed by atoms with E-state index in [1.807, 2.05) is 0 Å².